The molecule has 5 N–H and O–H groups in total. The molecule has 0 rings (SSSR count). The van der Waals surface area contributed by atoms with Gasteiger partial charge >= 0.3 is 0 Å². The van der Waals surface area contributed by atoms with Crippen LogP contribution in [0, 0.1) is 0 Å². The first-order chi connectivity index (χ1) is 37.0. The molecule has 0 aliphatic heterocycles. The van der Waals surface area contributed by atoms with Gasteiger partial charge in [-0.2, -0.15) is 0 Å². The molecule has 6 nitrogen and oxygen atoms in total. The first-order valence-corrected chi connectivity index (χ1v) is 34.6. The number of allylic oxidation sites excluding steroid dienone is 2. The van der Waals surface area contributed by atoms with E-state index in [-0.39, 0.29) is 0 Å². The van der Waals surface area contributed by atoms with Gasteiger partial charge in [0, 0.05) is 0 Å². The maximum atomic E-state index is 12.7. The van der Waals surface area contributed by atoms with Gasteiger partial charge in [-0.25, -0.2) is 0 Å². The summed E-state index contributed by atoms with van der Waals surface area (Å²) in [6.45, 7) is 4.11. The third-order valence-electron chi connectivity index (χ3n) is 16.7. The highest BCUT2D eigenvalue weighted by molar-refractivity contribution is 5.80. The SMILES string of the molecule is CCCCCCCCCCCCCCCCCCCCCCCCCCCCC/C=C/CCCC(O)C(O)C(CO)NC(=O)C(O)CCCCCCCCCCCCCCCCCCCCCCCCCCCCC. The Balaban J connectivity index is 3.54. The first-order valence-electron chi connectivity index (χ1n) is 34.6. The van der Waals surface area contributed by atoms with Gasteiger partial charge in [0.05, 0.1) is 18.8 Å². The summed E-state index contributed by atoms with van der Waals surface area (Å²) in [5.41, 5.74) is 0. The van der Waals surface area contributed by atoms with Crippen molar-refractivity contribution in [2.24, 2.45) is 0 Å². The molecule has 4 atom stereocenters. The molecule has 0 fully saturated rings. The number of nitrogens with one attached hydrogen (secondary N) is 1. The van der Waals surface area contributed by atoms with Gasteiger partial charge in [-0.1, -0.05) is 366 Å². The number of rotatable bonds is 65. The van der Waals surface area contributed by atoms with Crippen molar-refractivity contribution in [3.05, 3.63) is 12.2 Å². The quantitative estimate of drug-likeness (QED) is 0.0308. The highest BCUT2D eigenvalue weighted by Crippen LogP contribution is 2.20. The van der Waals surface area contributed by atoms with Crippen LogP contribution >= 0.6 is 0 Å². The van der Waals surface area contributed by atoms with Crippen molar-refractivity contribution in [3.8, 4) is 0 Å². The van der Waals surface area contributed by atoms with Crippen molar-refractivity contribution in [1.82, 2.24) is 5.32 Å². The number of hydrogen-bond acceptors (Lipinski definition) is 5. The van der Waals surface area contributed by atoms with Crippen LogP contribution in [0.2, 0.25) is 0 Å². The molecule has 0 radical (unpaired) electrons. The number of hydrogen-bond donors (Lipinski definition) is 5. The molecular formula is C69H137NO5. The Morgan fingerprint density at radius 2 is 0.547 bits per heavy atom. The molecule has 6 heteroatoms. The van der Waals surface area contributed by atoms with Crippen molar-refractivity contribution in [2.45, 2.75) is 417 Å². The number of aliphatic hydroxyl groups excluding tert-OH is 4. The summed E-state index contributed by atoms with van der Waals surface area (Å²) in [5, 5.41) is 44.2. The summed E-state index contributed by atoms with van der Waals surface area (Å²) in [6.07, 6.45) is 79.1. The zero-order valence-corrected chi connectivity index (χ0v) is 51.1. The van der Waals surface area contributed by atoms with E-state index in [0.29, 0.717) is 12.8 Å². The van der Waals surface area contributed by atoms with Crippen LogP contribution in [0.5, 0.6) is 0 Å². The number of aliphatic hydroxyl groups is 4. The molecule has 4 unspecified atom stereocenters. The van der Waals surface area contributed by atoms with Gasteiger partial charge in [-0.05, 0) is 38.5 Å². The predicted molar refractivity (Wildman–Crippen MR) is 330 cm³/mol. The molecule has 0 aliphatic rings. The van der Waals surface area contributed by atoms with E-state index < -0.39 is 36.9 Å². The maximum Gasteiger partial charge on any atom is 0.249 e. The van der Waals surface area contributed by atoms with Gasteiger partial charge < -0.3 is 25.7 Å². The second kappa shape index (κ2) is 63.9. The lowest BCUT2D eigenvalue weighted by molar-refractivity contribution is -0.132. The summed E-state index contributed by atoms with van der Waals surface area (Å²) in [4.78, 5) is 12.7. The number of carbonyl (C=O) groups excluding carboxylic acids is 1. The second-order valence-electron chi connectivity index (χ2n) is 24.2. The third-order valence-corrected chi connectivity index (χ3v) is 16.7. The zero-order valence-electron chi connectivity index (χ0n) is 51.1. The Morgan fingerprint density at radius 3 is 0.800 bits per heavy atom. The molecule has 0 saturated heterocycles. The summed E-state index contributed by atoms with van der Waals surface area (Å²) in [6, 6.07) is -1.00. The lowest BCUT2D eigenvalue weighted by atomic mass is 10.00. The molecule has 0 aliphatic carbocycles. The van der Waals surface area contributed by atoms with E-state index in [4.69, 9.17) is 0 Å². The highest BCUT2D eigenvalue weighted by Gasteiger charge is 2.28. The topological polar surface area (TPSA) is 110 Å². The predicted octanol–water partition coefficient (Wildman–Crippen LogP) is 21.2. The monoisotopic (exact) mass is 1060 g/mol. The number of amides is 1. The molecule has 0 aromatic carbocycles. The van der Waals surface area contributed by atoms with Crippen molar-refractivity contribution in [1.29, 1.82) is 0 Å². The smallest absolute Gasteiger partial charge is 0.249 e. The van der Waals surface area contributed by atoms with Crippen LogP contribution in [0.3, 0.4) is 0 Å². The van der Waals surface area contributed by atoms with Crippen molar-refractivity contribution in [2.75, 3.05) is 6.61 Å². The van der Waals surface area contributed by atoms with Gasteiger partial charge in [0.15, 0.2) is 0 Å². The van der Waals surface area contributed by atoms with Gasteiger partial charge in [-0.15, -0.1) is 0 Å². The standard InChI is InChI=1S/C69H137NO5/c1-3-5-7-9-11-13-15-17-19-21-23-25-27-29-31-32-33-34-35-37-38-40-42-44-46-48-50-52-54-56-58-60-62-66(72)68(74)65(64-71)70-69(75)67(73)63-61-59-57-55-53-51-49-47-45-43-41-39-36-30-28-26-24-22-20-18-16-14-12-10-8-6-4-2/h54,56,65-68,71-74H,3-53,55,57-64H2,1-2H3,(H,70,75)/b56-54+. The fourth-order valence-electron chi connectivity index (χ4n) is 11.4. The van der Waals surface area contributed by atoms with E-state index in [0.717, 1.165) is 38.5 Å². The summed E-state index contributed by atoms with van der Waals surface area (Å²) < 4.78 is 0. The summed E-state index contributed by atoms with van der Waals surface area (Å²) in [5.74, 6) is -0.584. The zero-order chi connectivity index (χ0) is 54.4. The van der Waals surface area contributed by atoms with E-state index in [2.05, 4.69) is 31.3 Å². The Labute approximate surface area is 470 Å². The largest absolute Gasteiger partial charge is 0.394 e. The normalized spacial score (nSPS) is 13.5. The van der Waals surface area contributed by atoms with Crippen molar-refractivity contribution in [3.63, 3.8) is 0 Å². The van der Waals surface area contributed by atoms with Gasteiger partial charge in [0.2, 0.25) is 5.91 Å². The van der Waals surface area contributed by atoms with Crippen molar-refractivity contribution >= 4 is 5.91 Å². The van der Waals surface area contributed by atoms with Gasteiger partial charge in [0.25, 0.3) is 0 Å². The second-order valence-corrected chi connectivity index (χ2v) is 24.2. The van der Waals surface area contributed by atoms with Crippen LogP contribution in [0.25, 0.3) is 0 Å². The maximum absolute atomic E-state index is 12.7. The average molecular weight is 1060 g/mol. The van der Waals surface area contributed by atoms with E-state index >= 15 is 0 Å². The average Bonchev–Trinajstić information content (AvgIpc) is 3.42. The minimum absolute atomic E-state index is 0.369. The van der Waals surface area contributed by atoms with Crippen LogP contribution in [-0.2, 0) is 4.79 Å². The summed E-state index contributed by atoms with van der Waals surface area (Å²) >= 11 is 0. The minimum Gasteiger partial charge on any atom is -0.394 e. The van der Waals surface area contributed by atoms with E-state index in [1.165, 1.54) is 327 Å². The van der Waals surface area contributed by atoms with Crippen LogP contribution in [0.4, 0.5) is 0 Å². The Morgan fingerprint density at radius 1 is 0.320 bits per heavy atom. The molecule has 0 aromatic heterocycles. The van der Waals surface area contributed by atoms with E-state index in [9.17, 15) is 25.2 Å². The molecule has 75 heavy (non-hydrogen) atoms. The van der Waals surface area contributed by atoms with Crippen LogP contribution in [-0.4, -0.2) is 57.3 Å². The van der Waals surface area contributed by atoms with Gasteiger partial charge in [0.1, 0.15) is 12.2 Å². The molecule has 1 amide bonds. The van der Waals surface area contributed by atoms with Gasteiger partial charge in [-0.3, -0.25) is 4.79 Å². The molecular weight excluding hydrogens is 923 g/mol. The number of carbonyl (C=O) groups is 1. The van der Waals surface area contributed by atoms with Crippen molar-refractivity contribution < 1.29 is 25.2 Å². The van der Waals surface area contributed by atoms with Crippen LogP contribution in [0.15, 0.2) is 12.2 Å². The Hall–Kier alpha value is -0.950. The van der Waals surface area contributed by atoms with Crippen LogP contribution < -0.4 is 5.32 Å². The molecule has 0 saturated carbocycles. The molecule has 0 spiro atoms. The van der Waals surface area contributed by atoms with E-state index in [1.807, 2.05) is 0 Å². The lowest BCUT2D eigenvalue weighted by Crippen LogP contribution is -2.53. The van der Waals surface area contributed by atoms with E-state index in [1.54, 1.807) is 0 Å². The Kier molecular flexibility index (Phi) is 63.1. The molecule has 0 bridgehead atoms. The minimum atomic E-state index is -1.28. The molecule has 0 heterocycles. The highest BCUT2D eigenvalue weighted by atomic mass is 16.3. The molecule has 0 aromatic rings. The fraction of sp³-hybridized carbons (Fsp3) is 0.957. The Bertz CT molecular complexity index is 1100. The lowest BCUT2D eigenvalue weighted by Gasteiger charge is -2.27. The third kappa shape index (κ3) is 57.5. The molecule has 448 valence electrons. The first kappa shape index (κ1) is 74.0. The summed E-state index contributed by atoms with van der Waals surface area (Å²) in [7, 11) is 0. The fourth-order valence-corrected chi connectivity index (χ4v) is 11.4. The number of unbranched alkanes of at least 4 members (excludes halogenated alkanes) is 54. The van der Waals surface area contributed by atoms with Crippen LogP contribution in [0.1, 0.15) is 393 Å².